The van der Waals surface area contributed by atoms with Crippen LogP contribution in [0.3, 0.4) is 0 Å². The second kappa shape index (κ2) is 9.10. The molecule has 1 fully saturated rings. The predicted octanol–water partition coefficient (Wildman–Crippen LogP) is 6.75. The molecule has 2 aromatic carbocycles. The third-order valence-electron chi connectivity index (χ3n) is 6.21. The van der Waals surface area contributed by atoms with E-state index in [0.29, 0.717) is 32.1 Å². The van der Waals surface area contributed by atoms with E-state index in [-0.39, 0.29) is 22.5 Å². The van der Waals surface area contributed by atoms with Crippen LogP contribution in [0.15, 0.2) is 65.3 Å². The molecule has 0 bridgehead atoms. The van der Waals surface area contributed by atoms with E-state index in [1.165, 1.54) is 12.1 Å². The first-order valence-electron chi connectivity index (χ1n) is 11.5. The van der Waals surface area contributed by atoms with Crippen LogP contribution in [0.2, 0.25) is 5.02 Å². The van der Waals surface area contributed by atoms with Crippen molar-refractivity contribution in [3.05, 3.63) is 76.3 Å². The van der Waals surface area contributed by atoms with Crippen LogP contribution < -0.4 is 15.7 Å². The maximum Gasteiger partial charge on any atom is 0.416 e. The fourth-order valence-corrected chi connectivity index (χ4v) is 5.26. The summed E-state index contributed by atoms with van der Waals surface area (Å²) in [5.41, 5.74) is 8.21. The maximum atomic E-state index is 13.2. The minimum Gasteiger partial charge on any atom is -0.397 e. The summed E-state index contributed by atoms with van der Waals surface area (Å²) < 4.78 is 46.4. The third-order valence-corrected chi connectivity index (χ3v) is 7.56. The van der Waals surface area contributed by atoms with Crippen molar-refractivity contribution in [1.29, 1.82) is 0 Å². The van der Waals surface area contributed by atoms with Crippen LogP contribution >= 0.6 is 22.9 Å². The van der Waals surface area contributed by atoms with Gasteiger partial charge in [0.25, 0.3) is 12.1 Å². The van der Waals surface area contributed by atoms with Gasteiger partial charge < -0.3 is 5.73 Å². The lowest BCUT2D eigenvalue weighted by Crippen LogP contribution is -2.32. The van der Waals surface area contributed by atoms with Crippen LogP contribution in [-0.4, -0.2) is 16.2 Å². The molecule has 0 unspecified atom stereocenters. The molecular weight excluding hydrogens is 539 g/mol. The predicted molar refractivity (Wildman–Crippen MR) is 138 cm³/mol. The molecule has 0 aliphatic heterocycles. The highest BCUT2D eigenvalue weighted by Gasteiger charge is 2.36. The van der Waals surface area contributed by atoms with E-state index < -0.39 is 17.6 Å². The quantitative estimate of drug-likeness (QED) is 0.233. The Morgan fingerprint density at radius 1 is 1.11 bits per heavy atom. The number of benzene rings is 2. The summed E-state index contributed by atoms with van der Waals surface area (Å²) in [6, 6.07) is 13.8. The van der Waals surface area contributed by atoms with Crippen LogP contribution in [0.1, 0.15) is 34.1 Å². The van der Waals surface area contributed by atoms with Crippen molar-refractivity contribution in [3.63, 3.8) is 0 Å². The fraction of sp³-hybridized carbons (Fsp3) is 0.154. The number of fused-ring (bicyclic) bond motifs is 1. The average Bonchev–Trinajstić information content (AvgIpc) is 3.55. The average molecular weight is 557 g/mol. The number of nitrogen functional groups attached to an aromatic ring is 1. The van der Waals surface area contributed by atoms with Crippen LogP contribution in [0.25, 0.3) is 32.6 Å². The van der Waals surface area contributed by atoms with E-state index in [9.17, 15) is 18.0 Å². The second-order valence-corrected chi connectivity index (χ2v) is 10.3. The second-order valence-electron chi connectivity index (χ2n) is 8.89. The first kappa shape index (κ1) is 24.4. The van der Waals surface area contributed by atoms with Gasteiger partial charge in [-0.2, -0.15) is 13.2 Å². The molecule has 0 atom stereocenters. The number of pyridine rings is 1. The number of carbonyl (C=O) groups is 1. The maximum absolute atomic E-state index is 13.2. The zero-order valence-corrected chi connectivity index (χ0v) is 21.0. The first-order valence-corrected chi connectivity index (χ1v) is 12.7. The Bertz CT molecular complexity index is 1680. The molecule has 3 aromatic heterocycles. The van der Waals surface area contributed by atoms with Gasteiger partial charge in [-0.3, -0.25) is 14.6 Å². The number of hydrogen-bond donors (Lipinski definition) is 2. The van der Waals surface area contributed by atoms with Crippen molar-refractivity contribution in [3.8, 4) is 22.4 Å². The number of nitrogens with one attached hydrogen (secondary N) is 1. The molecule has 0 saturated heterocycles. The molecule has 1 amide bonds. The molecule has 1 aliphatic carbocycles. The lowest BCUT2D eigenvalue weighted by Gasteiger charge is -2.11. The molecular formula is C26H18ClF3N5O2S+. The molecule has 12 heteroatoms. The number of nitrogens with two attached hydrogens (primary N) is 1. The van der Waals surface area contributed by atoms with E-state index in [1.54, 1.807) is 41.2 Å². The lowest BCUT2D eigenvalue weighted by atomic mass is 9.98. The number of alkyl halides is 3. The van der Waals surface area contributed by atoms with Crippen LogP contribution in [0.4, 0.5) is 24.7 Å². The van der Waals surface area contributed by atoms with Gasteiger partial charge in [-0.05, 0) is 46.1 Å². The highest BCUT2D eigenvalue weighted by molar-refractivity contribution is 7.21. The molecule has 0 radical (unpaired) electrons. The molecule has 0 spiro atoms. The minimum absolute atomic E-state index is 0.169. The zero-order valence-electron chi connectivity index (χ0n) is 19.4. The number of amides is 1. The van der Waals surface area contributed by atoms with Crippen LogP contribution in [0.5, 0.6) is 0 Å². The summed E-state index contributed by atoms with van der Waals surface area (Å²) in [4.78, 5) is 18.5. The Balaban J connectivity index is 1.45. The highest BCUT2D eigenvalue weighted by Crippen LogP contribution is 2.42. The van der Waals surface area contributed by atoms with Crippen molar-refractivity contribution < 1.29 is 27.2 Å². The van der Waals surface area contributed by atoms with Gasteiger partial charge in [-0.15, -0.1) is 11.3 Å². The topological polar surface area (TPSA) is 97.9 Å². The van der Waals surface area contributed by atoms with Gasteiger partial charge in [0.1, 0.15) is 9.71 Å². The number of halogens is 4. The third kappa shape index (κ3) is 4.59. The van der Waals surface area contributed by atoms with Gasteiger partial charge >= 0.3 is 12.1 Å². The molecule has 38 heavy (non-hydrogen) atoms. The standard InChI is InChI=1S/C26H17ClF3N5O2S/c27-16-7-3-14(4-8-16)19-11-18(13-1-5-15(6-2-13)26(28,29)30)21-22(31)23(38-25(21)32-19)24(36)33-20-12-35(34-37-20)17-9-10-17/h1-8,11-12,17H,9-10H2,(H2-,31,33,34,36)/p+1. The fourth-order valence-electron chi connectivity index (χ4n) is 4.12. The molecule has 6 rings (SSSR count). The monoisotopic (exact) mass is 556 g/mol. The Morgan fingerprint density at radius 3 is 2.45 bits per heavy atom. The van der Waals surface area contributed by atoms with Crippen molar-refractivity contribution >= 4 is 50.6 Å². The molecule has 3 heterocycles. The van der Waals surface area contributed by atoms with Gasteiger partial charge in [0.2, 0.25) is 5.27 Å². The summed E-state index contributed by atoms with van der Waals surface area (Å²) >= 11 is 7.12. The molecule has 192 valence electrons. The molecule has 1 aliphatic rings. The van der Waals surface area contributed by atoms with Gasteiger partial charge in [-0.25, -0.2) is 4.98 Å². The van der Waals surface area contributed by atoms with Crippen LogP contribution in [0, 0.1) is 0 Å². The summed E-state index contributed by atoms with van der Waals surface area (Å²) in [6.45, 7) is 0. The Labute approximate surface area is 222 Å². The number of thiophene rings is 1. The number of nitrogens with zero attached hydrogens (tertiary/aromatic N) is 3. The van der Waals surface area contributed by atoms with Crippen LogP contribution in [-0.2, 0) is 6.18 Å². The van der Waals surface area contributed by atoms with Gasteiger partial charge in [0.05, 0.1) is 16.9 Å². The Hall–Kier alpha value is -3.96. The van der Waals surface area contributed by atoms with Crippen molar-refractivity contribution in [2.45, 2.75) is 25.1 Å². The molecule has 5 aromatic rings. The number of carbonyl (C=O) groups excluding carboxylic acids is 1. The molecule has 3 N–H and O–H groups in total. The molecule has 1 saturated carbocycles. The number of rotatable bonds is 5. The molecule has 7 nitrogen and oxygen atoms in total. The van der Waals surface area contributed by atoms with E-state index in [4.69, 9.17) is 26.8 Å². The van der Waals surface area contributed by atoms with Gasteiger partial charge in [0, 0.05) is 28.8 Å². The number of hydrogen-bond acceptors (Lipinski definition) is 6. The van der Waals surface area contributed by atoms with E-state index >= 15 is 0 Å². The van der Waals surface area contributed by atoms with E-state index in [2.05, 4.69) is 10.6 Å². The summed E-state index contributed by atoms with van der Waals surface area (Å²) in [5, 5.41) is 7.61. The smallest absolute Gasteiger partial charge is 0.397 e. The van der Waals surface area contributed by atoms with Crippen molar-refractivity contribution in [2.75, 3.05) is 11.1 Å². The lowest BCUT2D eigenvalue weighted by molar-refractivity contribution is -0.765. The number of anilines is 2. The SMILES string of the molecule is Nc1c(C(=O)Nc2c[n+](C3CC3)no2)sc2nc(-c3ccc(Cl)cc3)cc(-c3ccc(C(F)(F)F)cc3)c12. The number of aromatic nitrogens is 3. The van der Waals surface area contributed by atoms with E-state index in [0.717, 1.165) is 41.9 Å². The minimum atomic E-state index is -4.47. The van der Waals surface area contributed by atoms with Gasteiger partial charge in [0.15, 0.2) is 6.04 Å². The van der Waals surface area contributed by atoms with Crippen molar-refractivity contribution in [1.82, 2.24) is 10.3 Å². The first-order chi connectivity index (χ1) is 18.2. The van der Waals surface area contributed by atoms with Gasteiger partial charge in [-0.1, -0.05) is 35.9 Å². The summed E-state index contributed by atoms with van der Waals surface area (Å²) in [5.74, 6) is -0.326. The highest BCUT2D eigenvalue weighted by atomic mass is 35.5. The Morgan fingerprint density at radius 2 is 1.79 bits per heavy atom. The summed E-state index contributed by atoms with van der Waals surface area (Å²) in [6.07, 6.45) is -0.848. The normalized spacial score (nSPS) is 13.7. The zero-order chi connectivity index (χ0) is 26.6. The summed E-state index contributed by atoms with van der Waals surface area (Å²) in [7, 11) is 0. The van der Waals surface area contributed by atoms with Crippen molar-refractivity contribution in [2.24, 2.45) is 0 Å². The largest absolute Gasteiger partial charge is 0.416 e. The van der Waals surface area contributed by atoms with E-state index in [1.807, 2.05) is 0 Å². The Kier molecular flexibility index (Phi) is 5.84.